The average Bonchev–Trinajstić information content (AvgIpc) is 2.79. The molecule has 0 saturated carbocycles. The van der Waals surface area contributed by atoms with E-state index in [2.05, 4.69) is 59.1 Å². The van der Waals surface area contributed by atoms with Crippen LogP contribution in [0.5, 0.6) is 0 Å². The van der Waals surface area contributed by atoms with Crippen LogP contribution >= 0.6 is 22.6 Å². The van der Waals surface area contributed by atoms with Crippen LogP contribution in [-0.2, 0) is 0 Å². The third kappa shape index (κ3) is 2.78. The van der Waals surface area contributed by atoms with E-state index in [9.17, 15) is 0 Å². The van der Waals surface area contributed by atoms with Gasteiger partial charge in [0.15, 0.2) is 0 Å². The molecule has 16 heavy (non-hydrogen) atoms. The molecule has 84 valence electrons. The van der Waals surface area contributed by atoms with Crippen LogP contribution in [0.2, 0.25) is 0 Å². The Hall–Kier alpha value is -0.970. The average molecular weight is 327 g/mol. The standard InChI is InChI=1S/C13H14INO/c1-2-12(13-7-4-8-16-13)15-11-6-3-5-10(14)9-11/h3-9,12,15H,2H2,1H3. The van der Waals surface area contributed by atoms with Crippen LogP contribution in [0.4, 0.5) is 5.69 Å². The van der Waals surface area contributed by atoms with Crippen molar-refractivity contribution in [2.75, 3.05) is 5.32 Å². The molecular formula is C13H14INO. The molecule has 0 radical (unpaired) electrons. The maximum atomic E-state index is 5.42. The molecule has 3 heteroatoms. The Morgan fingerprint density at radius 3 is 2.81 bits per heavy atom. The zero-order chi connectivity index (χ0) is 11.4. The lowest BCUT2D eigenvalue weighted by Crippen LogP contribution is -2.08. The molecule has 2 aromatic rings. The molecule has 1 N–H and O–H groups in total. The maximum absolute atomic E-state index is 5.42. The summed E-state index contributed by atoms with van der Waals surface area (Å²) in [6.07, 6.45) is 2.72. The van der Waals surface area contributed by atoms with Crippen LogP contribution in [0.25, 0.3) is 0 Å². The van der Waals surface area contributed by atoms with Crippen LogP contribution in [0.15, 0.2) is 47.1 Å². The fourth-order valence-electron chi connectivity index (χ4n) is 1.64. The van der Waals surface area contributed by atoms with Gasteiger partial charge in [-0.05, 0) is 59.3 Å². The zero-order valence-corrected chi connectivity index (χ0v) is 11.3. The molecule has 1 aromatic heterocycles. The molecule has 2 nitrogen and oxygen atoms in total. The number of nitrogens with one attached hydrogen (secondary N) is 1. The molecule has 1 heterocycles. The molecular weight excluding hydrogens is 313 g/mol. The minimum Gasteiger partial charge on any atom is -0.467 e. The van der Waals surface area contributed by atoms with Gasteiger partial charge in [0, 0.05) is 9.26 Å². The second-order valence-electron chi connectivity index (χ2n) is 3.63. The lowest BCUT2D eigenvalue weighted by molar-refractivity contribution is 0.474. The highest BCUT2D eigenvalue weighted by molar-refractivity contribution is 14.1. The van der Waals surface area contributed by atoms with Gasteiger partial charge < -0.3 is 9.73 Å². The Bertz CT molecular complexity index is 439. The van der Waals surface area contributed by atoms with E-state index in [4.69, 9.17) is 4.42 Å². The molecule has 2 rings (SSSR count). The third-order valence-electron chi connectivity index (χ3n) is 2.46. The van der Waals surface area contributed by atoms with Gasteiger partial charge in [-0.1, -0.05) is 13.0 Å². The van der Waals surface area contributed by atoms with Crippen molar-refractivity contribution in [3.63, 3.8) is 0 Å². The van der Waals surface area contributed by atoms with Gasteiger partial charge in [0.1, 0.15) is 5.76 Å². The smallest absolute Gasteiger partial charge is 0.125 e. The first-order valence-electron chi connectivity index (χ1n) is 5.35. The van der Waals surface area contributed by atoms with Crippen molar-refractivity contribution in [2.45, 2.75) is 19.4 Å². The number of halogens is 1. The van der Waals surface area contributed by atoms with E-state index in [1.165, 1.54) is 3.57 Å². The number of benzene rings is 1. The number of rotatable bonds is 4. The van der Waals surface area contributed by atoms with Crippen molar-refractivity contribution >= 4 is 28.3 Å². The molecule has 0 fully saturated rings. The van der Waals surface area contributed by atoms with Gasteiger partial charge in [-0.15, -0.1) is 0 Å². The maximum Gasteiger partial charge on any atom is 0.125 e. The summed E-state index contributed by atoms with van der Waals surface area (Å²) in [5.41, 5.74) is 1.13. The molecule has 0 bridgehead atoms. The molecule has 0 saturated heterocycles. The SMILES string of the molecule is CCC(Nc1cccc(I)c1)c1ccco1. The Balaban J connectivity index is 2.13. The van der Waals surface area contributed by atoms with Crippen molar-refractivity contribution in [1.29, 1.82) is 0 Å². The van der Waals surface area contributed by atoms with Crippen molar-refractivity contribution in [1.82, 2.24) is 0 Å². The summed E-state index contributed by atoms with van der Waals surface area (Å²) in [6.45, 7) is 2.15. The minimum atomic E-state index is 0.244. The Morgan fingerprint density at radius 2 is 2.19 bits per heavy atom. The molecule has 0 aliphatic carbocycles. The van der Waals surface area contributed by atoms with E-state index in [0.717, 1.165) is 17.9 Å². The van der Waals surface area contributed by atoms with Gasteiger partial charge in [0.05, 0.1) is 12.3 Å². The number of hydrogen-bond acceptors (Lipinski definition) is 2. The fraction of sp³-hybridized carbons (Fsp3) is 0.231. The first-order chi connectivity index (χ1) is 7.79. The van der Waals surface area contributed by atoms with E-state index in [1.807, 2.05) is 12.1 Å². The normalized spacial score (nSPS) is 12.4. The minimum absolute atomic E-state index is 0.244. The van der Waals surface area contributed by atoms with Crippen LogP contribution in [-0.4, -0.2) is 0 Å². The molecule has 0 aliphatic heterocycles. The zero-order valence-electron chi connectivity index (χ0n) is 9.11. The van der Waals surface area contributed by atoms with Crippen LogP contribution in [0.1, 0.15) is 25.1 Å². The molecule has 0 aliphatic rings. The Morgan fingerprint density at radius 1 is 1.31 bits per heavy atom. The largest absolute Gasteiger partial charge is 0.467 e. The van der Waals surface area contributed by atoms with Gasteiger partial charge in [0.25, 0.3) is 0 Å². The highest BCUT2D eigenvalue weighted by Gasteiger charge is 2.11. The van der Waals surface area contributed by atoms with E-state index >= 15 is 0 Å². The van der Waals surface area contributed by atoms with E-state index < -0.39 is 0 Å². The van der Waals surface area contributed by atoms with E-state index in [0.29, 0.717) is 0 Å². The lowest BCUT2D eigenvalue weighted by Gasteiger charge is -2.16. The first kappa shape index (κ1) is 11.5. The second-order valence-corrected chi connectivity index (χ2v) is 4.88. The van der Waals surface area contributed by atoms with E-state index in [1.54, 1.807) is 6.26 Å². The first-order valence-corrected chi connectivity index (χ1v) is 6.43. The van der Waals surface area contributed by atoms with Crippen LogP contribution < -0.4 is 5.32 Å². The van der Waals surface area contributed by atoms with Gasteiger partial charge in [0.2, 0.25) is 0 Å². The lowest BCUT2D eigenvalue weighted by atomic mass is 10.1. The Labute approximate surface area is 109 Å². The molecule has 1 atom stereocenters. The summed E-state index contributed by atoms with van der Waals surface area (Å²) in [5.74, 6) is 0.987. The Kier molecular flexibility index (Phi) is 3.88. The predicted molar refractivity (Wildman–Crippen MR) is 74.5 cm³/mol. The fourth-order valence-corrected chi connectivity index (χ4v) is 2.19. The number of hydrogen-bond donors (Lipinski definition) is 1. The van der Waals surface area contributed by atoms with Crippen molar-refractivity contribution in [2.24, 2.45) is 0 Å². The summed E-state index contributed by atoms with van der Waals surface area (Å²) >= 11 is 2.31. The van der Waals surface area contributed by atoms with Crippen molar-refractivity contribution in [3.05, 3.63) is 52.0 Å². The quantitative estimate of drug-likeness (QED) is 0.840. The summed E-state index contributed by atoms with van der Waals surface area (Å²) in [7, 11) is 0. The molecule has 0 spiro atoms. The van der Waals surface area contributed by atoms with E-state index in [-0.39, 0.29) is 6.04 Å². The monoisotopic (exact) mass is 327 g/mol. The van der Waals surface area contributed by atoms with Crippen molar-refractivity contribution < 1.29 is 4.42 Å². The molecule has 1 aromatic carbocycles. The summed E-state index contributed by atoms with van der Waals surface area (Å²) in [5, 5.41) is 3.47. The number of furan rings is 1. The van der Waals surface area contributed by atoms with Gasteiger partial charge in [-0.25, -0.2) is 0 Å². The summed E-state index contributed by atoms with van der Waals surface area (Å²) in [6, 6.07) is 12.5. The summed E-state index contributed by atoms with van der Waals surface area (Å²) < 4.78 is 6.66. The molecule has 0 amide bonds. The van der Waals surface area contributed by atoms with Gasteiger partial charge in [-0.2, -0.15) is 0 Å². The second kappa shape index (κ2) is 5.39. The highest BCUT2D eigenvalue weighted by atomic mass is 127. The van der Waals surface area contributed by atoms with Crippen molar-refractivity contribution in [3.8, 4) is 0 Å². The van der Waals surface area contributed by atoms with Crippen LogP contribution in [0.3, 0.4) is 0 Å². The molecule has 1 unspecified atom stereocenters. The predicted octanol–water partition coefficient (Wildman–Crippen LogP) is 4.45. The topological polar surface area (TPSA) is 25.2 Å². The number of anilines is 1. The van der Waals surface area contributed by atoms with Crippen LogP contribution in [0, 0.1) is 3.57 Å². The summed E-state index contributed by atoms with van der Waals surface area (Å²) in [4.78, 5) is 0. The highest BCUT2D eigenvalue weighted by Crippen LogP contribution is 2.23. The van der Waals surface area contributed by atoms with Gasteiger partial charge >= 0.3 is 0 Å². The third-order valence-corrected chi connectivity index (χ3v) is 3.13. The van der Waals surface area contributed by atoms with Gasteiger partial charge in [-0.3, -0.25) is 0 Å².